The summed E-state index contributed by atoms with van der Waals surface area (Å²) in [5.41, 5.74) is -3.52. The highest BCUT2D eigenvalue weighted by atomic mass is 19.4. The smallest absolute Gasteiger partial charge is 0.416 e. The van der Waals surface area contributed by atoms with Gasteiger partial charge in [-0.1, -0.05) is 0 Å². The number of aromatic nitrogens is 2. The molecule has 4 nitrogen and oxygen atoms in total. The fraction of sp³-hybridized carbons (Fsp3) is 0.273. The van der Waals surface area contributed by atoms with E-state index >= 15 is 0 Å². The fourth-order valence-electron chi connectivity index (χ4n) is 1.51. The zero-order valence-electron chi connectivity index (χ0n) is 9.96. The van der Waals surface area contributed by atoms with E-state index in [4.69, 9.17) is 9.52 Å². The number of nitrogens with zero attached hydrogens (tertiary/aromatic N) is 2. The van der Waals surface area contributed by atoms with Gasteiger partial charge in [-0.05, 0) is 18.2 Å². The summed E-state index contributed by atoms with van der Waals surface area (Å²) in [7, 11) is 0. The van der Waals surface area contributed by atoms with E-state index in [-0.39, 0.29) is 12.0 Å². The highest BCUT2D eigenvalue weighted by Gasteiger charge is 2.37. The van der Waals surface area contributed by atoms with Crippen molar-refractivity contribution in [3.8, 4) is 11.5 Å². The lowest BCUT2D eigenvalue weighted by Crippen LogP contribution is -2.11. The molecule has 0 atom stereocenters. The Morgan fingerprint density at radius 3 is 1.81 bits per heavy atom. The van der Waals surface area contributed by atoms with E-state index < -0.39 is 41.5 Å². The number of hydrogen-bond donors (Lipinski definition) is 1. The Morgan fingerprint density at radius 2 is 1.43 bits per heavy atom. The van der Waals surface area contributed by atoms with Crippen LogP contribution in [-0.4, -0.2) is 15.3 Å². The summed E-state index contributed by atoms with van der Waals surface area (Å²) in [6, 6.07) is 0.917. The Labute approximate surface area is 113 Å². The number of alkyl halides is 6. The van der Waals surface area contributed by atoms with Crippen molar-refractivity contribution < 1.29 is 35.9 Å². The van der Waals surface area contributed by atoms with Gasteiger partial charge < -0.3 is 9.52 Å². The highest BCUT2D eigenvalue weighted by Crippen LogP contribution is 2.38. The average Bonchev–Trinajstić information content (AvgIpc) is 2.85. The summed E-state index contributed by atoms with van der Waals surface area (Å²) in [5.74, 6) is -0.869. The molecule has 2 aromatic rings. The molecule has 1 aromatic carbocycles. The van der Waals surface area contributed by atoms with Crippen LogP contribution in [0.2, 0.25) is 0 Å². The second-order valence-electron chi connectivity index (χ2n) is 3.95. The van der Waals surface area contributed by atoms with Crippen LogP contribution < -0.4 is 0 Å². The van der Waals surface area contributed by atoms with E-state index in [1.807, 2.05) is 0 Å². The minimum atomic E-state index is -4.96. The molecule has 0 saturated carbocycles. The molecule has 0 saturated heterocycles. The fourth-order valence-corrected chi connectivity index (χ4v) is 1.51. The van der Waals surface area contributed by atoms with Gasteiger partial charge in [-0.25, -0.2) is 0 Å². The van der Waals surface area contributed by atoms with Crippen LogP contribution in [0.25, 0.3) is 11.5 Å². The SMILES string of the molecule is OCc1nnc(-c2cc(C(F)(F)F)cc(C(F)(F)F)c2)o1. The third kappa shape index (κ3) is 3.32. The lowest BCUT2D eigenvalue weighted by atomic mass is 10.0. The van der Waals surface area contributed by atoms with Crippen LogP contribution in [0.1, 0.15) is 17.0 Å². The summed E-state index contributed by atoms with van der Waals surface area (Å²) < 4.78 is 80.6. The molecular weight excluding hydrogens is 306 g/mol. The van der Waals surface area contributed by atoms with E-state index in [0.717, 1.165) is 0 Å². The van der Waals surface area contributed by atoms with Crippen molar-refractivity contribution in [2.45, 2.75) is 19.0 Å². The standard InChI is InChI=1S/C11H6F6N2O2/c12-10(13,14)6-1-5(2-7(3-6)11(15,16)17)9-19-18-8(4-20)21-9/h1-3,20H,4H2. The largest absolute Gasteiger partial charge is 0.418 e. The van der Waals surface area contributed by atoms with Gasteiger partial charge in [0.25, 0.3) is 0 Å². The van der Waals surface area contributed by atoms with Gasteiger partial charge in [-0.15, -0.1) is 10.2 Å². The number of rotatable bonds is 2. The average molecular weight is 312 g/mol. The second kappa shape index (κ2) is 5.02. The number of aliphatic hydroxyl groups is 1. The van der Waals surface area contributed by atoms with Crippen LogP contribution in [-0.2, 0) is 19.0 Å². The maximum Gasteiger partial charge on any atom is 0.416 e. The molecule has 0 radical (unpaired) electrons. The maximum atomic E-state index is 12.6. The van der Waals surface area contributed by atoms with Crippen LogP contribution in [0.4, 0.5) is 26.3 Å². The number of aliphatic hydroxyl groups excluding tert-OH is 1. The topological polar surface area (TPSA) is 59.2 Å². The lowest BCUT2D eigenvalue weighted by Gasteiger charge is -2.12. The first-order valence-corrected chi connectivity index (χ1v) is 5.34. The quantitative estimate of drug-likeness (QED) is 0.865. The summed E-state index contributed by atoms with van der Waals surface area (Å²) in [6.07, 6.45) is -9.92. The van der Waals surface area contributed by atoms with Crippen LogP contribution in [0.5, 0.6) is 0 Å². The summed E-state index contributed by atoms with van der Waals surface area (Å²) in [6.45, 7) is -0.682. The molecule has 0 bridgehead atoms. The molecule has 0 aliphatic carbocycles. The van der Waals surface area contributed by atoms with Gasteiger partial charge in [0.2, 0.25) is 11.8 Å². The normalized spacial score (nSPS) is 12.7. The molecule has 0 unspecified atom stereocenters. The molecule has 114 valence electrons. The van der Waals surface area contributed by atoms with Crippen molar-refractivity contribution in [2.24, 2.45) is 0 Å². The zero-order chi connectivity index (χ0) is 15.8. The van der Waals surface area contributed by atoms with Crippen molar-refractivity contribution in [1.82, 2.24) is 10.2 Å². The molecule has 1 heterocycles. The van der Waals surface area contributed by atoms with E-state index in [1.165, 1.54) is 0 Å². The maximum absolute atomic E-state index is 12.6. The summed E-state index contributed by atoms with van der Waals surface area (Å²) in [4.78, 5) is 0. The number of hydrogen-bond acceptors (Lipinski definition) is 4. The van der Waals surface area contributed by atoms with E-state index in [0.29, 0.717) is 12.1 Å². The van der Waals surface area contributed by atoms with Crippen molar-refractivity contribution in [3.05, 3.63) is 35.2 Å². The molecule has 0 spiro atoms. The van der Waals surface area contributed by atoms with E-state index in [9.17, 15) is 26.3 Å². The summed E-state index contributed by atoms with van der Waals surface area (Å²) >= 11 is 0. The second-order valence-corrected chi connectivity index (χ2v) is 3.95. The van der Waals surface area contributed by atoms with Gasteiger partial charge in [0.15, 0.2) is 0 Å². The first-order chi connectivity index (χ1) is 9.61. The Morgan fingerprint density at radius 1 is 0.905 bits per heavy atom. The van der Waals surface area contributed by atoms with Crippen LogP contribution >= 0.6 is 0 Å². The van der Waals surface area contributed by atoms with Crippen LogP contribution in [0.15, 0.2) is 22.6 Å². The first-order valence-electron chi connectivity index (χ1n) is 5.34. The molecular formula is C11H6F6N2O2. The predicted molar refractivity (Wildman–Crippen MR) is 55.7 cm³/mol. The third-order valence-corrected chi connectivity index (χ3v) is 2.44. The minimum absolute atomic E-state index is 0.00712. The molecule has 0 fully saturated rings. The first kappa shape index (κ1) is 15.3. The molecule has 0 aliphatic rings. The Hall–Kier alpha value is -2.10. The zero-order valence-corrected chi connectivity index (χ0v) is 9.96. The van der Waals surface area contributed by atoms with Gasteiger partial charge in [-0.3, -0.25) is 0 Å². The Bertz CT molecular complexity index is 615. The summed E-state index contributed by atoms with van der Waals surface area (Å²) in [5, 5.41) is 15.3. The van der Waals surface area contributed by atoms with Crippen LogP contribution in [0.3, 0.4) is 0 Å². The Kier molecular flexibility index (Phi) is 3.66. The number of benzene rings is 1. The molecule has 1 N–H and O–H groups in total. The van der Waals surface area contributed by atoms with Gasteiger partial charge in [0.1, 0.15) is 6.61 Å². The molecule has 1 aromatic heterocycles. The van der Waals surface area contributed by atoms with Gasteiger partial charge in [0.05, 0.1) is 11.1 Å². The molecule has 2 rings (SSSR count). The minimum Gasteiger partial charge on any atom is -0.418 e. The molecule has 21 heavy (non-hydrogen) atoms. The van der Waals surface area contributed by atoms with Crippen molar-refractivity contribution in [1.29, 1.82) is 0 Å². The van der Waals surface area contributed by atoms with Crippen molar-refractivity contribution in [2.75, 3.05) is 0 Å². The van der Waals surface area contributed by atoms with E-state index in [1.54, 1.807) is 0 Å². The van der Waals surface area contributed by atoms with Crippen molar-refractivity contribution in [3.63, 3.8) is 0 Å². The van der Waals surface area contributed by atoms with E-state index in [2.05, 4.69) is 10.2 Å². The Balaban J connectivity index is 2.60. The highest BCUT2D eigenvalue weighted by molar-refractivity contribution is 5.56. The van der Waals surface area contributed by atoms with Gasteiger partial charge in [-0.2, -0.15) is 26.3 Å². The molecule has 0 aliphatic heterocycles. The molecule has 10 heteroatoms. The third-order valence-electron chi connectivity index (χ3n) is 2.44. The predicted octanol–water partition coefficient (Wildman–Crippen LogP) is 3.27. The lowest BCUT2D eigenvalue weighted by molar-refractivity contribution is -0.143. The van der Waals surface area contributed by atoms with Gasteiger partial charge in [0, 0.05) is 5.56 Å². The number of halogens is 6. The van der Waals surface area contributed by atoms with Crippen LogP contribution in [0, 0.1) is 0 Å². The molecule has 0 amide bonds. The van der Waals surface area contributed by atoms with Crippen molar-refractivity contribution >= 4 is 0 Å². The van der Waals surface area contributed by atoms with Gasteiger partial charge >= 0.3 is 12.4 Å². The monoisotopic (exact) mass is 312 g/mol.